The lowest BCUT2D eigenvalue weighted by molar-refractivity contribution is 0.0384. The van der Waals surface area contributed by atoms with Gasteiger partial charge in [-0.1, -0.05) is 65.7 Å². The molecule has 0 fully saturated rings. The van der Waals surface area contributed by atoms with Crippen molar-refractivity contribution < 1.29 is 20.4 Å². The maximum atomic E-state index is 10.9. The van der Waals surface area contributed by atoms with E-state index in [9.17, 15) is 20.4 Å². The summed E-state index contributed by atoms with van der Waals surface area (Å²) in [6.45, 7) is 16.0. The normalized spacial score (nSPS) is 17.2. The molecule has 0 aliphatic rings. The molecule has 0 saturated heterocycles. The Morgan fingerprint density at radius 1 is 0.647 bits per heavy atom. The molecule has 4 atom stereocenters. The average Bonchev–Trinajstić information content (AvgIpc) is 2.76. The van der Waals surface area contributed by atoms with Gasteiger partial charge >= 0.3 is 0 Å². The summed E-state index contributed by atoms with van der Waals surface area (Å²) in [5.74, 6) is 1.88. The van der Waals surface area contributed by atoms with Crippen LogP contribution in [0.2, 0.25) is 0 Å². The Morgan fingerprint density at radius 2 is 1.09 bits per heavy atom. The third-order valence-electron chi connectivity index (χ3n) is 8.26. The molecule has 0 amide bonds. The van der Waals surface area contributed by atoms with Crippen molar-refractivity contribution in [3.05, 3.63) is 22.3 Å². The second-order valence-electron chi connectivity index (χ2n) is 11.8. The van der Waals surface area contributed by atoms with E-state index < -0.39 is 11.2 Å². The maximum Gasteiger partial charge on any atom is 0.122 e. The lowest BCUT2D eigenvalue weighted by Crippen LogP contribution is -2.25. The van der Waals surface area contributed by atoms with Crippen LogP contribution in [0, 0.1) is 32.6 Å². The number of hydrogen-bond donors (Lipinski definition) is 4. The van der Waals surface area contributed by atoms with Gasteiger partial charge in [0.05, 0.1) is 11.2 Å². The first-order valence-corrected chi connectivity index (χ1v) is 13.7. The smallest absolute Gasteiger partial charge is 0.122 e. The van der Waals surface area contributed by atoms with Crippen LogP contribution < -0.4 is 0 Å². The Hall–Kier alpha value is -1.26. The van der Waals surface area contributed by atoms with Crippen molar-refractivity contribution in [2.45, 2.75) is 144 Å². The lowest BCUT2D eigenvalue weighted by Gasteiger charge is -2.25. The van der Waals surface area contributed by atoms with Crippen molar-refractivity contribution in [2.24, 2.45) is 11.8 Å². The van der Waals surface area contributed by atoms with Gasteiger partial charge in [-0.2, -0.15) is 0 Å². The fraction of sp³-hybridized carbons (Fsp3) is 0.800. The van der Waals surface area contributed by atoms with E-state index in [0.717, 1.165) is 55.2 Å². The van der Waals surface area contributed by atoms with Crippen molar-refractivity contribution in [1.82, 2.24) is 0 Å². The summed E-state index contributed by atoms with van der Waals surface area (Å²) in [6.07, 6.45) is 11.7. The molecule has 1 aromatic carbocycles. The fourth-order valence-electron chi connectivity index (χ4n) is 4.95. The molecule has 0 bridgehead atoms. The largest absolute Gasteiger partial charge is 0.507 e. The highest BCUT2D eigenvalue weighted by molar-refractivity contribution is 5.56. The molecule has 1 rings (SSSR count). The average molecular weight is 479 g/mol. The summed E-state index contributed by atoms with van der Waals surface area (Å²) in [4.78, 5) is 0. The van der Waals surface area contributed by atoms with Crippen molar-refractivity contribution in [2.75, 3.05) is 0 Å². The zero-order valence-electron chi connectivity index (χ0n) is 23.4. The quantitative estimate of drug-likeness (QED) is 0.184. The molecule has 4 heteroatoms. The molecular formula is C30H54O4. The van der Waals surface area contributed by atoms with Crippen molar-refractivity contribution in [3.63, 3.8) is 0 Å². The first-order chi connectivity index (χ1) is 15.7. The summed E-state index contributed by atoms with van der Waals surface area (Å²) in [5, 5.41) is 41.9. The summed E-state index contributed by atoms with van der Waals surface area (Å²) in [7, 11) is 0. The molecule has 0 spiro atoms. The second-order valence-corrected chi connectivity index (χ2v) is 11.8. The SMILES string of the molecule is CCC(C)(O)CCCC(C)CCCC(C)CCCC(C)(O)CCc1c(C)c(O)c(C)c(C)c1O. The van der Waals surface area contributed by atoms with Crippen LogP contribution in [-0.2, 0) is 6.42 Å². The number of benzene rings is 1. The minimum absolute atomic E-state index is 0.251. The molecule has 0 aliphatic carbocycles. The predicted octanol–water partition coefficient (Wildman–Crippen LogP) is 7.65. The standard InChI is InChI=1S/C30H54O4/c1-9-29(7,33)18-11-15-21(2)13-10-14-22(3)16-12-19-30(8,34)20-17-26-25(6)27(31)23(4)24(5)28(26)32/h21-22,31-34H,9-20H2,1-8H3. The van der Waals surface area contributed by atoms with E-state index in [-0.39, 0.29) is 11.5 Å². The van der Waals surface area contributed by atoms with Crippen LogP contribution >= 0.6 is 0 Å². The van der Waals surface area contributed by atoms with E-state index in [1.54, 1.807) is 0 Å². The molecule has 1 aromatic rings. The Bertz CT molecular complexity index is 722. The van der Waals surface area contributed by atoms with Gasteiger partial charge in [-0.3, -0.25) is 0 Å². The third-order valence-corrected chi connectivity index (χ3v) is 8.26. The minimum Gasteiger partial charge on any atom is -0.507 e. The van der Waals surface area contributed by atoms with Gasteiger partial charge < -0.3 is 20.4 Å². The zero-order chi connectivity index (χ0) is 26.1. The Kier molecular flexibility index (Phi) is 12.4. The van der Waals surface area contributed by atoms with E-state index in [1.165, 1.54) is 25.7 Å². The van der Waals surface area contributed by atoms with Gasteiger partial charge in [0.15, 0.2) is 0 Å². The number of aliphatic hydroxyl groups is 2. The minimum atomic E-state index is -0.777. The Morgan fingerprint density at radius 3 is 1.59 bits per heavy atom. The van der Waals surface area contributed by atoms with Gasteiger partial charge in [0.1, 0.15) is 11.5 Å². The fourth-order valence-corrected chi connectivity index (χ4v) is 4.95. The van der Waals surface area contributed by atoms with Crippen LogP contribution in [0.25, 0.3) is 0 Å². The van der Waals surface area contributed by atoms with Crippen molar-refractivity contribution in [3.8, 4) is 11.5 Å². The van der Waals surface area contributed by atoms with Gasteiger partial charge in [-0.05, 0) is 95.2 Å². The highest BCUT2D eigenvalue weighted by Gasteiger charge is 2.23. The van der Waals surface area contributed by atoms with Gasteiger partial charge in [0.2, 0.25) is 0 Å². The van der Waals surface area contributed by atoms with Crippen LogP contribution in [0.3, 0.4) is 0 Å². The first-order valence-electron chi connectivity index (χ1n) is 13.7. The molecule has 0 aliphatic heterocycles. The van der Waals surface area contributed by atoms with E-state index in [2.05, 4.69) is 13.8 Å². The molecule has 4 N–H and O–H groups in total. The first kappa shape index (κ1) is 30.8. The van der Waals surface area contributed by atoms with Crippen LogP contribution in [0.5, 0.6) is 11.5 Å². The van der Waals surface area contributed by atoms with Crippen molar-refractivity contribution in [1.29, 1.82) is 0 Å². The maximum absolute atomic E-state index is 10.9. The van der Waals surface area contributed by atoms with E-state index in [0.29, 0.717) is 30.2 Å². The molecule has 0 heterocycles. The highest BCUT2D eigenvalue weighted by atomic mass is 16.3. The van der Waals surface area contributed by atoms with Crippen LogP contribution in [-0.4, -0.2) is 31.6 Å². The van der Waals surface area contributed by atoms with Crippen LogP contribution in [0.15, 0.2) is 0 Å². The summed E-state index contributed by atoms with van der Waals surface area (Å²) in [6, 6.07) is 0. The van der Waals surface area contributed by atoms with Gasteiger partial charge in [0.25, 0.3) is 0 Å². The molecule has 0 aromatic heterocycles. The lowest BCUT2D eigenvalue weighted by atomic mass is 9.86. The predicted molar refractivity (Wildman–Crippen MR) is 144 cm³/mol. The molecule has 4 nitrogen and oxygen atoms in total. The number of rotatable bonds is 16. The van der Waals surface area contributed by atoms with Crippen molar-refractivity contribution >= 4 is 0 Å². The number of hydrogen-bond acceptors (Lipinski definition) is 4. The Labute approximate surface area is 209 Å². The molecule has 4 unspecified atom stereocenters. The van der Waals surface area contributed by atoms with E-state index in [4.69, 9.17) is 0 Å². The van der Waals surface area contributed by atoms with Gasteiger partial charge in [-0.25, -0.2) is 0 Å². The zero-order valence-corrected chi connectivity index (χ0v) is 23.4. The summed E-state index contributed by atoms with van der Waals surface area (Å²) >= 11 is 0. The number of phenolic OH excluding ortho intramolecular Hbond substituents is 2. The highest BCUT2D eigenvalue weighted by Crippen LogP contribution is 2.38. The van der Waals surface area contributed by atoms with Gasteiger partial charge in [0, 0.05) is 5.56 Å². The number of phenols is 2. The van der Waals surface area contributed by atoms with Gasteiger partial charge in [-0.15, -0.1) is 0 Å². The monoisotopic (exact) mass is 478 g/mol. The molecule has 34 heavy (non-hydrogen) atoms. The molecule has 198 valence electrons. The second kappa shape index (κ2) is 13.7. The Balaban J connectivity index is 2.33. The summed E-state index contributed by atoms with van der Waals surface area (Å²) < 4.78 is 0. The van der Waals surface area contributed by atoms with E-state index in [1.807, 2.05) is 41.5 Å². The van der Waals surface area contributed by atoms with Crippen LogP contribution in [0.4, 0.5) is 0 Å². The summed E-state index contributed by atoms with van der Waals surface area (Å²) in [5.41, 5.74) is 1.63. The molecule has 0 saturated carbocycles. The molecule has 0 radical (unpaired) electrons. The van der Waals surface area contributed by atoms with Crippen LogP contribution in [0.1, 0.15) is 128 Å². The van der Waals surface area contributed by atoms with E-state index >= 15 is 0 Å². The molecular weight excluding hydrogens is 424 g/mol. The number of aromatic hydroxyl groups is 2. The topological polar surface area (TPSA) is 80.9 Å². The third kappa shape index (κ3) is 10.2.